The van der Waals surface area contributed by atoms with E-state index in [0.29, 0.717) is 5.92 Å². The van der Waals surface area contributed by atoms with E-state index in [1.54, 1.807) is 7.11 Å². The van der Waals surface area contributed by atoms with Gasteiger partial charge in [0.05, 0.1) is 6.61 Å². The molecule has 1 saturated heterocycles. The van der Waals surface area contributed by atoms with Gasteiger partial charge in [-0.25, -0.2) is 0 Å². The lowest BCUT2D eigenvalue weighted by atomic mass is 10.1. The van der Waals surface area contributed by atoms with Gasteiger partial charge in [0.2, 0.25) is 0 Å². The van der Waals surface area contributed by atoms with E-state index >= 15 is 0 Å². The highest BCUT2D eigenvalue weighted by molar-refractivity contribution is 5.27. The summed E-state index contributed by atoms with van der Waals surface area (Å²) in [7, 11) is 3.80. The molecule has 0 aromatic heterocycles. The number of hydrogen-bond donors (Lipinski definition) is 1. The van der Waals surface area contributed by atoms with Crippen LogP contribution < -0.4 is 5.32 Å². The normalized spacial score (nSPS) is 20.4. The van der Waals surface area contributed by atoms with Crippen LogP contribution in [0.2, 0.25) is 0 Å². The van der Waals surface area contributed by atoms with Crippen molar-refractivity contribution in [2.75, 3.05) is 33.9 Å². The summed E-state index contributed by atoms with van der Waals surface area (Å²) in [5, 5.41) is 3.24. The summed E-state index contributed by atoms with van der Waals surface area (Å²) in [6.07, 6.45) is 1.27. The van der Waals surface area contributed by atoms with E-state index in [1.807, 2.05) is 7.05 Å². The Morgan fingerprint density at radius 3 is 2.83 bits per heavy atom. The minimum atomic E-state index is 0.714. The predicted octanol–water partition coefficient (Wildman–Crippen LogP) is 1.87. The second-order valence-electron chi connectivity index (χ2n) is 5.14. The molecule has 100 valence electrons. The lowest BCUT2D eigenvalue weighted by Gasteiger charge is -2.18. The summed E-state index contributed by atoms with van der Waals surface area (Å²) >= 11 is 0. The number of nitrogens with one attached hydrogen (secondary N) is 1. The number of benzene rings is 1. The Balaban J connectivity index is 1.93. The van der Waals surface area contributed by atoms with E-state index < -0.39 is 0 Å². The van der Waals surface area contributed by atoms with Crippen molar-refractivity contribution in [1.29, 1.82) is 0 Å². The molecule has 3 heteroatoms. The standard InChI is InChI=1S/C15H24N2O/c1-16-9-14-5-3-4-6-15(14)11-17-8-7-13(10-17)12-18-2/h3-6,13,16H,7-12H2,1-2H3. The molecule has 1 aliphatic heterocycles. The van der Waals surface area contributed by atoms with Gasteiger partial charge in [-0.2, -0.15) is 0 Å². The lowest BCUT2D eigenvalue weighted by molar-refractivity contribution is 0.152. The summed E-state index contributed by atoms with van der Waals surface area (Å²) in [5.74, 6) is 0.714. The zero-order chi connectivity index (χ0) is 12.8. The van der Waals surface area contributed by atoms with Crippen molar-refractivity contribution in [2.24, 2.45) is 5.92 Å². The molecule has 0 bridgehead atoms. The second kappa shape index (κ2) is 6.88. The maximum atomic E-state index is 5.25. The lowest BCUT2D eigenvalue weighted by Crippen LogP contribution is -2.22. The molecule has 0 spiro atoms. The van der Waals surface area contributed by atoms with Crippen molar-refractivity contribution in [3.63, 3.8) is 0 Å². The molecule has 1 unspecified atom stereocenters. The van der Waals surface area contributed by atoms with Gasteiger partial charge in [-0.05, 0) is 37.1 Å². The van der Waals surface area contributed by atoms with Crippen LogP contribution in [0.4, 0.5) is 0 Å². The zero-order valence-electron chi connectivity index (χ0n) is 11.5. The third-order valence-corrected chi connectivity index (χ3v) is 3.65. The molecule has 1 N–H and O–H groups in total. The molecule has 1 atom stereocenters. The quantitative estimate of drug-likeness (QED) is 0.832. The number of ether oxygens (including phenoxy) is 1. The van der Waals surface area contributed by atoms with Gasteiger partial charge in [0.15, 0.2) is 0 Å². The molecule has 2 rings (SSSR count). The molecule has 0 radical (unpaired) electrons. The van der Waals surface area contributed by atoms with Crippen LogP contribution >= 0.6 is 0 Å². The van der Waals surface area contributed by atoms with Crippen LogP contribution in [-0.4, -0.2) is 38.8 Å². The van der Waals surface area contributed by atoms with Crippen LogP contribution in [0.1, 0.15) is 17.5 Å². The van der Waals surface area contributed by atoms with Gasteiger partial charge in [0.1, 0.15) is 0 Å². The van der Waals surface area contributed by atoms with Crippen molar-refractivity contribution < 1.29 is 4.74 Å². The summed E-state index contributed by atoms with van der Waals surface area (Å²) in [4.78, 5) is 2.54. The van der Waals surface area contributed by atoms with E-state index in [0.717, 1.165) is 19.7 Å². The number of methoxy groups -OCH3 is 1. The molecule has 0 aliphatic carbocycles. The van der Waals surface area contributed by atoms with Crippen LogP contribution in [0.25, 0.3) is 0 Å². The van der Waals surface area contributed by atoms with Crippen LogP contribution in [0.3, 0.4) is 0 Å². The van der Waals surface area contributed by atoms with Crippen LogP contribution in [0.5, 0.6) is 0 Å². The summed E-state index contributed by atoms with van der Waals surface area (Å²) in [6, 6.07) is 8.72. The Kier molecular flexibility index (Phi) is 5.17. The van der Waals surface area contributed by atoms with Gasteiger partial charge in [-0.3, -0.25) is 4.90 Å². The second-order valence-corrected chi connectivity index (χ2v) is 5.14. The average Bonchev–Trinajstić information content (AvgIpc) is 2.80. The zero-order valence-corrected chi connectivity index (χ0v) is 11.5. The summed E-state index contributed by atoms with van der Waals surface area (Å²) < 4.78 is 5.25. The summed E-state index contributed by atoms with van der Waals surface area (Å²) in [5.41, 5.74) is 2.86. The van der Waals surface area contributed by atoms with E-state index in [-0.39, 0.29) is 0 Å². The molecule has 1 heterocycles. The Hall–Kier alpha value is -0.900. The average molecular weight is 248 g/mol. The van der Waals surface area contributed by atoms with Crippen molar-refractivity contribution in [1.82, 2.24) is 10.2 Å². The highest BCUT2D eigenvalue weighted by Crippen LogP contribution is 2.20. The van der Waals surface area contributed by atoms with Gasteiger partial charge >= 0.3 is 0 Å². The first-order chi connectivity index (χ1) is 8.83. The largest absolute Gasteiger partial charge is 0.384 e. The van der Waals surface area contributed by atoms with Crippen molar-refractivity contribution in [2.45, 2.75) is 19.5 Å². The highest BCUT2D eigenvalue weighted by atomic mass is 16.5. The monoisotopic (exact) mass is 248 g/mol. The smallest absolute Gasteiger partial charge is 0.0503 e. The molecule has 1 aromatic rings. The van der Waals surface area contributed by atoms with E-state index in [9.17, 15) is 0 Å². The third-order valence-electron chi connectivity index (χ3n) is 3.65. The highest BCUT2D eigenvalue weighted by Gasteiger charge is 2.22. The molecule has 0 saturated carbocycles. The van der Waals surface area contributed by atoms with E-state index in [4.69, 9.17) is 4.74 Å². The Morgan fingerprint density at radius 2 is 2.11 bits per heavy atom. The first kappa shape index (κ1) is 13.5. The van der Waals surface area contributed by atoms with Gasteiger partial charge in [-0.15, -0.1) is 0 Å². The Labute approximate surface area is 110 Å². The number of rotatable bonds is 6. The Morgan fingerprint density at radius 1 is 1.33 bits per heavy atom. The number of hydrogen-bond acceptors (Lipinski definition) is 3. The number of nitrogens with zero attached hydrogens (tertiary/aromatic N) is 1. The predicted molar refractivity (Wildman–Crippen MR) is 74.5 cm³/mol. The fourth-order valence-corrected chi connectivity index (χ4v) is 2.74. The molecule has 3 nitrogen and oxygen atoms in total. The van der Waals surface area contributed by atoms with Crippen LogP contribution in [-0.2, 0) is 17.8 Å². The SMILES string of the molecule is CNCc1ccccc1CN1CCC(COC)C1. The molecular formula is C15H24N2O. The van der Waals surface area contributed by atoms with E-state index in [2.05, 4.69) is 34.5 Å². The molecule has 1 fully saturated rings. The van der Waals surface area contributed by atoms with Crippen molar-refractivity contribution in [3.05, 3.63) is 35.4 Å². The van der Waals surface area contributed by atoms with Gasteiger partial charge < -0.3 is 10.1 Å². The van der Waals surface area contributed by atoms with Crippen LogP contribution in [0.15, 0.2) is 24.3 Å². The fourth-order valence-electron chi connectivity index (χ4n) is 2.74. The first-order valence-electron chi connectivity index (χ1n) is 6.76. The minimum Gasteiger partial charge on any atom is -0.384 e. The maximum absolute atomic E-state index is 5.25. The third kappa shape index (κ3) is 3.55. The van der Waals surface area contributed by atoms with E-state index in [1.165, 1.54) is 30.6 Å². The van der Waals surface area contributed by atoms with Crippen molar-refractivity contribution >= 4 is 0 Å². The first-order valence-corrected chi connectivity index (χ1v) is 6.76. The molecular weight excluding hydrogens is 224 g/mol. The van der Waals surface area contributed by atoms with Gasteiger partial charge in [-0.1, -0.05) is 24.3 Å². The fraction of sp³-hybridized carbons (Fsp3) is 0.600. The number of likely N-dealkylation sites (tertiary alicyclic amines) is 1. The molecule has 0 amide bonds. The summed E-state index contributed by atoms with van der Waals surface area (Å²) in [6.45, 7) is 5.28. The molecule has 1 aliphatic rings. The van der Waals surface area contributed by atoms with Crippen LogP contribution in [0, 0.1) is 5.92 Å². The van der Waals surface area contributed by atoms with Gasteiger partial charge in [0.25, 0.3) is 0 Å². The van der Waals surface area contributed by atoms with Gasteiger partial charge in [0, 0.05) is 26.7 Å². The molecule has 18 heavy (non-hydrogen) atoms. The Bertz CT molecular complexity index is 367. The van der Waals surface area contributed by atoms with Crippen molar-refractivity contribution in [3.8, 4) is 0 Å². The topological polar surface area (TPSA) is 24.5 Å². The molecule has 1 aromatic carbocycles. The minimum absolute atomic E-state index is 0.714. The maximum Gasteiger partial charge on any atom is 0.0503 e.